The lowest BCUT2D eigenvalue weighted by atomic mass is 10.0. The highest BCUT2D eigenvalue weighted by Gasteiger charge is 2.20. The van der Waals surface area contributed by atoms with E-state index in [-0.39, 0.29) is 18.5 Å². The molecule has 2 unspecified atom stereocenters. The summed E-state index contributed by atoms with van der Waals surface area (Å²) in [7, 11) is 0. The topological polar surface area (TPSA) is 95.9 Å². The van der Waals surface area contributed by atoms with Crippen LogP contribution in [0.15, 0.2) is 0 Å². The number of esters is 1. The van der Waals surface area contributed by atoms with Crippen molar-refractivity contribution in [3.8, 4) is 0 Å². The van der Waals surface area contributed by atoms with Gasteiger partial charge in [0, 0.05) is 12.8 Å². The van der Waals surface area contributed by atoms with Crippen LogP contribution in [-0.2, 0) is 14.3 Å². The number of hydrogen-bond donors (Lipinski definition) is 3. The van der Waals surface area contributed by atoms with Crippen LogP contribution in [0.4, 0.5) is 0 Å². The largest absolute Gasteiger partial charge is 0.466 e. The Balaban J connectivity index is 3.35. The summed E-state index contributed by atoms with van der Waals surface area (Å²) in [5, 5.41) is 23.4. The van der Waals surface area contributed by atoms with Gasteiger partial charge in [0.1, 0.15) is 0 Å². The maximum absolute atomic E-state index is 12.5. The normalized spacial score (nSPS) is 12.4. The number of aliphatic hydroxyl groups excluding tert-OH is 2. The zero-order valence-electron chi connectivity index (χ0n) is 53.4. The minimum Gasteiger partial charge on any atom is -0.466 e. The monoisotopic (exact) mass is 1100 g/mol. The number of amides is 1. The number of nitrogens with one attached hydrogen (secondary N) is 1. The molecular weight excluding hydrogens is 959 g/mol. The molecule has 0 aromatic rings. The van der Waals surface area contributed by atoms with Crippen LogP contribution in [0, 0.1) is 0 Å². The van der Waals surface area contributed by atoms with Crippen LogP contribution >= 0.6 is 0 Å². The van der Waals surface area contributed by atoms with E-state index < -0.39 is 12.1 Å². The number of carbonyl (C=O) groups is 2. The van der Waals surface area contributed by atoms with Crippen molar-refractivity contribution in [2.45, 2.75) is 437 Å². The first-order chi connectivity index (χ1) is 38.5. The molecule has 2 atom stereocenters. The Bertz CT molecular complexity index is 1130. The van der Waals surface area contributed by atoms with Crippen molar-refractivity contribution in [2.75, 3.05) is 13.2 Å². The molecule has 3 N–H and O–H groups in total. The molecule has 0 aliphatic carbocycles. The van der Waals surface area contributed by atoms with E-state index in [1.165, 1.54) is 353 Å². The van der Waals surface area contributed by atoms with E-state index in [0.717, 1.165) is 38.5 Å². The molecule has 0 bridgehead atoms. The van der Waals surface area contributed by atoms with Crippen LogP contribution in [-0.4, -0.2) is 47.4 Å². The van der Waals surface area contributed by atoms with Gasteiger partial charge in [-0.15, -0.1) is 0 Å². The first-order valence-electron chi connectivity index (χ1n) is 36.3. The third-order valence-corrected chi connectivity index (χ3v) is 17.4. The Morgan fingerprint density at radius 1 is 0.308 bits per heavy atom. The number of ether oxygens (including phenoxy) is 1. The molecule has 0 fully saturated rings. The van der Waals surface area contributed by atoms with Gasteiger partial charge in [-0.1, -0.05) is 386 Å². The summed E-state index contributed by atoms with van der Waals surface area (Å²) in [5.74, 6) is -0.0117. The highest BCUT2D eigenvalue weighted by atomic mass is 16.5. The van der Waals surface area contributed by atoms with Crippen LogP contribution in [0.5, 0.6) is 0 Å². The molecule has 0 aliphatic heterocycles. The molecule has 78 heavy (non-hydrogen) atoms. The van der Waals surface area contributed by atoms with Crippen LogP contribution in [0.1, 0.15) is 425 Å². The summed E-state index contributed by atoms with van der Waals surface area (Å²) in [4.78, 5) is 24.7. The van der Waals surface area contributed by atoms with E-state index >= 15 is 0 Å². The fraction of sp³-hybridized carbons (Fsp3) is 0.972. The van der Waals surface area contributed by atoms with E-state index in [1.807, 2.05) is 0 Å². The van der Waals surface area contributed by atoms with E-state index in [0.29, 0.717) is 25.9 Å². The Kier molecular flexibility index (Phi) is 67.4. The first-order valence-corrected chi connectivity index (χ1v) is 36.3. The van der Waals surface area contributed by atoms with Crippen molar-refractivity contribution in [2.24, 2.45) is 0 Å². The predicted molar refractivity (Wildman–Crippen MR) is 343 cm³/mol. The molecule has 0 saturated carbocycles. The van der Waals surface area contributed by atoms with E-state index in [1.54, 1.807) is 0 Å². The van der Waals surface area contributed by atoms with Crippen LogP contribution in [0.25, 0.3) is 0 Å². The Labute approximate surface area is 489 Å². The van der Waals surface area contributed by atoms with Gasteiger partial charge in [-0.05, 0) is 25.7 Å². The molecule has 6 nitrogen and oxygen atoms in total. The second-order valence-corrected chi connectivity index (χ2v) is 25.3. The quantitative estimate of drug-likeness (QED) is 0.0417. The van der Waals surface area contributed by atoms with Gasteiger partial charge in [-0.25, -0.2) is 0 Å². The third kappa shape index (κ3) is 64.0. The Morgan fingerprint density at radius 3 is 0.782 bits per heavy atom. The molecule has 466 valence electrons. The third-order valence-electron chi connectivity index (χ3n) is 17.4. The van der Waals surface area contributed by atoms with Gasteiger partial charge in [0.05, 0.1) is 25.4 Å². The van der Waals surface area contributed by atoms with Crippen molar-refractivity contribution in [1.29, 1.82) is 0 Å². The van der Waals surface area contributed by atoms with E-state index in [2.05, 4.69) is 19.2 Å². The van der Waals surface area contributed by atoms with Crippen molar-refractivity contribution in [1.82, 2.24) is 5.32 Å². The van der Waals surface area contributed by atoms with Gasteiger partial charge in [-0.2, -0.15) is 0 Å². The second-order valence-electron chi connectivity index (χ2n) is 25.3. The number of carbonyl (C=O) groups excluding carboxylic acids is 2. The number of rotatable bonds is 69. The molecule has 6 heteroatoms. The highest BCUT2D eigenvalue weighted by molar-refractivity contribution is 5.76. The van der Waals surface area contributed by atoms with Gasteiger partial charge in [0.25, 0.3) is 0 Å². The zero-order valence-corrected chi connectivity index (χ0v) is 53.4. The SMILES string of the molecule is CCCCCCCCCCCCCCCCCCCCCCCC(O)C(CO)NC(=O)CCCCCCCCCCCCCCCCCCCCCCCOC(=O)CCCCCCCCCCCCCCCCCCCCC. The minimum atomic E-state index is -0.665. The van der Waals surface area contributed by atoms with Crippen molar-refractivity contribution >= 4 is 11.9 Å². The van der Waals surface area contributed by atoms with Crippen molar-refractivity contribution < 1.29 is 24.5 Å². The Morgan fingerprint density at radius 2 is 0.526 bits per heavy atom. The lowest BCUT2D eigenvalue weighted by Gasteiger charge is -2.22. The highest BCUT2D eigenvalue weighted by Crippen LogP contribution is 2.20. The summed E-state index contributed by atoms with van der Waals surface area (Å²) < 4.78 is 5.51. The van der Waals surface area contributed by atoms with Crippen LogP contribution in [0.3, 0.4) is 0 Å². The molecule has 0 aliphatic rings. The molecule has 0 saturated heterocycles. The molecule has 0 radical (unpaired) electrons. The van der Waals surface area contributed by atoms with Gasteiger partial charge in [-0.3, -0.25) is 9.59 Å². The number of hydrogen-bond acceptors (Lipinski definition) is 5. The first kappa shape index (κ1) is 76.9. The number of aliphatic hydroxyl groups is 2. The molecule has 0 spiro atoms. The fourth-order valence-corrected chi connectivity index (χ4v) is 11.9. The van der Waals surface area contributed by atoms with E-state index in [4.69, 9.17) is 4.74 Å². The van der Waals surface area contributed by atoms with E-state index in [9.17, 15) is 19.8 Å². The second kappa shape index (κ2) is 68.4. The molecular formula is C72H143NO5. The van der Waals surface area contributed by atoms with Crippen molar-refractivity contribution in [3.05, 3.63) is 0 Å². The molecule has 0 aromatic heterocycles. The Hall–Kier alpha value is -1.14. The van der Waals surface area contributed by atoms with Crippen LogP contribution in [0.2, 0.25) is 0 Å². The lowest BCUT2D eigenvalue weighted by Crippen LogP contribution is -2.45. The summed E-state index contributed by atoms with van der Waals surface area (Å²) in [6, 6.07) is -0.542. The summed E-state index contributed by atoms with van der Waals surface area (Å²) in [5.41, 5.74) is 0. The predicted octanol–water partition coefficient (Wildman–Crippen LogP) is 23.4. The molecule has 0 heterocycles. The molecule has 1 amide bonds. The maximum atomic E-state index is 12.5. The van der Waals surface area contributed by atoms with Gasteiger partial charge < -0.3 is 20.3 Å². The average molecular weight is 1100 g/mol. The fourth-order valence-electron chi connectivity index (χ4n) is 11.9. The average Bonchev–Trinajstić information content (AvgIpc) is 3.44. The lowest BCUT2D eigenvalue weighted by molar-refractivity contribution is -0.143. The molecule has 0 rings (SSSR count). The summed E-state index contributed by atoms with van der Waals surface area (Å²) >= 11 is 0. The van der Waals surface area contributed by atoms with Gasteiger partial charge >= 0.3 is 5.97 Å². The maximum Gasteiger partial charge on any atom is 0.305 e. The summed E-state index contributed by atoms with van der Waals surface area (Å²) in [6.07, 6.45) is 82.9. The van der Waals surface area contributed by atoms with Crippen molar-refractivity contribution in [3.63, 3.8) is 0 Å². The van der Waals surface area contributed by atoms with Gasteiger partial charge in [0.15, 0.2) is 0 Å². The molecule has 0 aromatic carbocycles. The van der Waals surface area contributed by atoms with Gasteiger partial charge in [0.2, 0.25) is 5.91 Å². The van der Waals surface area contributed by atoms with Crippen LogP contribution < -0.4 is 5.32 Å². The standard InChI is InChI=1S/C72H143NO5/c1-3-5-7-9-11-13-15-17-19-21-23-25-29-32-36-40-44-48-52-56-60-64-70(75)69(68-74)73-71(76)65-61-57-53-49-45-41-37-33-30-26-24-27-31-35-39-43-47-51-55-59-63-67-78-72(77)66-62-58-54-50-46-42-38-34-28-22-20-18-16-14-12-10-8-6-4-2/h69-70,74-75H,3-68H2,1-2H3,(H,73,76). The smallest absolute Gasteiger partial charge is 0.305 e. The minimum absolute atomic E-state index is 0.0186. The summed E-state index contributed by atoms with van der Waals surface area (Å²) in [6.45, 7) is 5.01. The number of unbranched alkanes of at least 4 members (excludes halogenated alkanes) is 58. The zero-order chi connectivity index (χ0) is 56.4.